The Morgan fingerprint density at radius 1 is 0.722 bits per heavy atom. The monoisotopic (exact) mass is 290 g/mol. The summed E-state index contributed by atoms with van der Waals surface area (Å²) in [7, 11) is -2.77. The molecule has 0 aliphatic carbocycles. The van der Waals surface area contributed by atoms with Crippen LogP contribution in [-0.4, -0.2) is 43.0 Å². The molecule has 0 unspecified atom stereocenters. The van der Waals surface area contributed by atoms with Crippen LogP contribution in [0.5, 0.6) is 0 Å². The first-order valence-electron chi connectivity index (χ1n) is 7.39. The van der Waals surface area contributed by atoms with E-state index in [0.717, 1.165) is 26.2 Å². The number of hydrogen-bond donors (Lipinski definition) is 4. The smallest absolute Gasteiger partial charge is 0.301 e. The minimum absolute atomic E-state index is 0.895. The summed E-state index contributed by atoms with van der Waals surface area (Å²) < 4.78 is 0. The zero-order valence-corrected chi connectivity index (χ0v) is 15.2. The third-order valence-electron chi connectivity index (χ3n) is 2.82. The molecule has 0 rings (SSSR count). The molecular formula is C12H34N4Si2. The second kappa shape index (κ2) is 9.22. The Kier molecular flexibility index (Phi) is 9.36. The van der Waals surface area contributed by atoms with Gasteiger partial charge in [-0.3, -0.25) is 0 Å². The van der Waals surface area contributed by atoms with Gasteiger partial charge in [0.15, 0.2) is 0 Å². The van der Waals surface area contributed by atoms with Gasteiger partial charge in [0.05, 0.1) is 0 Å². The van der Waals surface area contributed by atoms with E-state index in [4.69, 9.17) is 0 Å². The summed E-state index contributed by atoms with van der Waals surface area (Å²) in [5, 5.41) is 0. The zero-order valence-electron chi connectivity index (χ0n) is 13.2. The molecule has 0 bridgehead atoms. The van der Waals surface area contributed by atoms with E-state index in [1.165, 1.54) is 12.5 Å². The highest BCUT2D eigenvalue weighted by atomic mass is 28.4. The van der Waals surface area contributed by atoms with E-state index < -0.39 is 16.8 Å². The van der Waals surface area contributed by atoms with Gasteiger partial charge >= 0.3 is 8.72 Å². The molecule has 0 atom stereocenters. The van der Waals surface area contributed by atoms with Gasteiger partial charge in [0, 0.05) is 8.07 Å². The molecule has 0 amide bonds. The first-order chi connectivity index (χ1) is 8.39. The topological polar surface area (TPSA) is 48.1 Å². The number of rotatable bonds is 11. The molecule has 4 nitrogen and oxygen atoms in total. The Hall–Kier alpha value is 0.274. The summed E-state index contributed by atoms with van der Waals surface area (Å²) >= 11 is 0. The minimum Gasteiger partial charge on any atom is -0.301 e. The fraction of sp³-hybridized carbons (Fsp3) is 1.00. The van der Waals surface area contributed by atoms with Crippen LogP contribution in [0.4, 0.5) is 0 Å². The molecule has 18 heavy (non-hydrogen) atoms. The second-order valence-corrected chi connectivity index (χ2v) is 14.5. The molecule has 0 saturated heterocycles. The molecule has 0 aromatic heterocycles. The lowest BCUT2D eigenvalue weighted by molar-refractivity contribution is 0.687. The largest absolute Gasteiger partial charge is 0.365 e. The lowest BCUT2D eigenvalue weighted by Crippen LogP contribution is -2.80. The maximum atomic E-state index is 3.74. The first-order valence-corrected chi connectivity index (χ1v) is 13.1. The van der Waals surface area contributed by atoms with Gasteiger partial charge < -0.3 is 19.9 Å². The molecule has 6 heteroatoms. The molecule has 0 aromatic carbocycles. The van der Waals surface area contributed by atoms with Crippen LogP contribution in [0, 0.1) is 0 Å². The number of nitrogens with one attached hydrogen (secondary N) is 4. The van der Waals surface area contributed by atoms with Gasteiger partial charge in [0.2, 0.25) is 0 Å². The predicted molar refractivity (Wildman–Crippen MR) is 87.6 cm³/mol. The van der Waals surface area contributed by atoms with Crippen LogP contribution in [0.3, 0.4) is 0 Å². The maximum Gasteiger partial charge on any atom is 0.365 e. The molecule has 110 valence electrons. The van der Waals surface area contributed by atoms with Crippen molar-refractivity contribution in [3.63, 3.8) is 0 Å². The van der Waals surface area contributed by atoms with E-state index in [9.17, 15) is 0 Å². The van der Waals surface area contributed by atoms with Crippen LogP contribution in [-0.2, 0) is 0 Å². The van der Waals surface area contributed by atoms with E-state index in [1.54, 1.807) is 0 Å². The standard InChI is InChI=1S/C12H34N4Si2/c1-7-13-18(14-8-2,15-9-3)16-11-10-12-17(4,5)6/h13-16H,7-12H2,1-6H3. The van der Waals surface area contributed by atoms with Crippen molar-refractivity contribution in [3.8, 4) is 0 Å². The summed E-state index contributed by atoms with van der Waals surface area (Å²) in [6.07, 6.45) is 1.28. The molecule has 0 heterocycles. The van der Waals surface area contributed by atoms with Gasteiger partial charge in [0.25, 0.3) is 0 Å². The minimum atomic E-state index is -1.88. The summed E-state index contributed by atoms with van der Waals surface area (Å²) in [4.78, 5) is 14.6. The van der Waals surface area contributed by atoms with Crippen molar-refractivity contribution in [2.45, 2.75) is 52.9 Å². The highest BCUT2D eigenvalue weighted by Crippen LogP contribution is 2.09. The quantitative estimate of drug-likeness (QED) is 0.345. The van der Waals surface area contributed by atoms with E-state index in [0.29, 0.717) is 0 Å². The maximum absolute atomic E-state index is 3.74. The molecule has 0 saturated carbocycles. The Morgan fingerprint density at radius 2 is 1.17 bits per heavy atom. The summed E-state index contributed by atoms with van der Waals surface area (Å²) in [6.45, 7) is 17.9. The fourth-order valence-corrected chi connectivity index (χ4v) is 6.20. The van der Waals surface area contributed by atoms with E-state index in [2.05, 4.69) is 60.3 Å². The lowest BCUT2D eigenvalue weighted by atomic mass is 10.5. The van der Waals surface area contributed by atoms with Crippen LogP contribution < -0.4 is 19.9 Å². The van der Waals surface area contributed by atoms with Crippen LogP contribution in [0.1, 0.15) is 27.2 Å². The van der Waals surface area contributed by atoms with Crippen molar-refractivity contribution in [2.75, 3.05) is 26.2 Å². The number of hydrogen-bond acceptors (Lipinski definition) is 4. The van der Waals surface area contributed by atoms with Crippen molar-refractivity contribution < 1.29 is 0 Å². The van der Waals surface area contributed by atoms with Gasteiger partial charge in [-0.05, 0) is 32.6 Å². The Balaban J connectivity index is 4.21. The highest BCUT2D eigenvalue weighted by molar-refractivity contribution is 6.76. The van der Waals surface area contributed by atoms with Crippen LogP contribution in [0.25, 0.3) is 0 Å². The van der Waals surface area contributed by atoms with Gasteiger partial charge in [-0.25, -0.2) is 0 Å². The fourth-order valence-electron chi connectivity index (χ4n) is 2.07. The van der Waals surface area contributed by atoms with Crippen molar-refractivity contribution in [2.24, 2.45) is 0 Å². The van der Waals surface area contributed by atoms with Gasteiger partial charge in [-0.2, -0.15) is 0 Å². The predicted octanol–water partition coefficient (Wildman–Crippen LogP) is 1.57. The lowest BCUT2D eigenvalue weighted by Gasteiger charge is -2.33. The summed E-state index contributed by atoms with van der Waals surface area (Å²) in [5.74, 6) is 0. The Bertz CT molecular complexity index is 190. The van der Waals surface area contributed by atoms with Crippen molar-refractivity contribution in [1.82, 2.24) is 19.9 Å². The molecule has 0 aromatic rings. The Morgan fingerprint density at radius 3 is 1.50 bits per heavy atom. The van der Waals surface area contributed by atoms with Crippen LogP contribution in [0.2, 0.25) is 25.7 Å². The molecule has 0 spiro atoms. The second-order valence-electron chi connectivity index (χ2n) is 5.93. The van der Waals surface area contributed by atoms with E-state index in [-0.39, 0.29) is 0 Å². The van der Waals surface area contributed by atoms with Crippen LogP contribution >= 0.6 is 0 Å². The first kappa shape index (κ1) is 18.3. The summed E-state index contributed by atoms with van der Waals surface area (Å²) in [5.41, 5.74) is 0. The molecule has 0 aliphatic rings. The molecule has 4 N–H and O–H groups in total. The molecular weight excluding hydrogens is 256 g/mol. The summed E-state index contributed by atoms with van der Waals surface area (Å²) in [6, 6.07) is 1.40. The third-order valence-corrected chi connectivity index (χ3v) is 8.11. The average molecular weight is 291 g/mol. The normalized spacial score (nSPS) is 13.0. The molecule has 0 aliphatic heterocycles. The third kappa shape index (κ3) is 8.39. The van der Waals surface area contributed by atoms with Crippen LogP contribution in [0.15, 0.2) is 0 Å². The van der Waals surface area contributed by atoms with Gasteiger partial charge in [0.1, 0.15) is 0 Å². The highest BCUT2D eigenvalue weighted by Gasteiger charge is 2.31. The SMILES string of the molecule is CCN[Si](NCC)(NCC)NCCC[Si](C)(C)C. The average Bonchev–Trinajstić information content (AvgIpc) is 2.24. The Labute approximate surface area is 116 Å². The van der Waals surface area contributed by atoms with Crippen molar-refractivity contribution in [1.29, 1.82) is 0 Å². The zero-order chi connectivity index (χ0) is 14.1. The molecule has 0 fully saturated rings. The van der Waals surface area contributed by atoms with E-state index in [1.807, 2.05) is 0 Å². The van der Waals surface area contributed by atoms with Crippen molar-refractivity contribution in [3.05, 3.63) is 0 Å². The molecule has 0 radical (unpaired) electrons. The van der Waals surface area contributed by atoms with Gasteiger partial charge in [-0.1, -0.05) is 46.5 Å². The van der Waals surface area contributed by atoms with E-state index >= 15 is 0 Å². The van der Waals surface area contributed by atoms with Crippen molar-refractivity contribution >= 4 is 16.8 Å². The van der Waals surface area contributed by atoms with Gasteiger partial charge in [-0.15, -0.1) is 0 Å².